The predicted octanol–water partition coefficient (Wildman–Crippen LogP) is 4.06. The first kappa shape index (κ1) is 18.6. The van der Waals surface area contributed by atoms with E-state index in [2.05, 4.69) is 20.4 Å². The van der Waals surface area contributed by atoms with Crippen LogP contribution in [0, 0.1) is 18.6 Å². The smallest absolute Gasteiger partial charge is 0.216 e. The van der Waals surface area contributed by atoms with Crippen LogP contribution in [0.15, 0.2) is 23.3 Å². The molecule has 0 amide bonds. The highest BCUT2D eigenvalue weighted by atomic mass is 35.5. The van der Waals surface area contributed by atoms with Crippen LogP contribution in [0.3, 0.4) is 0 Å². The molecule has 0 aliphatic carbocycles. The van der Waals surface area contributed by atoms with Crippen molar-refractivity contribution in [3.05, 3.63) is 55.8 Å². The van der Waals surface area contributed by atoms with Crippen molar-refractivity contribution in [2.45, 2.75) is 20.5 Å². The van der Waals surface area contributed by atoms with E-state index in [1.54, 1.807) is 29.1 Å². The van der Waals surface area contributed by atoms with Gasteiger partial charge in [0.15, 0.2) is 11.6 Å². The van der Waals surface area contributed by atoms with Gasteiger partial charge in [-0.2, -0.15) is 20.0 Å². The maximum absolute atomic E-state index is 6.12. The second kappa shape index (κ2) is 7.61. The van der Waals surface area contributed by atoms with E-state index in [0.29, 0.717) is 26.4 Å². The fourth-order valence-corrected chi connectivity index (χ4v) is 3.09. The van der Waals surface area contributed by atoms with E-state index in [0.717, 1.165) is 17.0 Å². The van der Waals surface area contributed by atoms with Crippen LogP contribution in [0.4, 0.5) is 0 Å². The van der Waals surface area contributed by atoms with Gasteiger partial charge in [0, 0.05) is 18.3 Å². The van der Waals surface area contributed by atoms with Gasteiger partial charge in [-0.15, -0.1) is 0 Å². The predicted molar refractivity (Wildman–Crippen MR) is 104 cm³/mol. The van der Waals surface area contributed by atoms with Gasteiger partial charge in [0.1, 0.15) is 6.61 Å². The molecule has 3 rings (SSSR count). The lowest BCUT2D eigenvalue weighted by Gasteiger charge is -2.08. The molecule has 0 spiro atoms. The van der Waals surface area contributed by atoms with Gasteiger partial charge in [-0.25, -0.2) is 5.10 Å². The molecule has 136 valence electrons. The third-order valence-electron chi connectivity index (χ3n) is 3.85. The zero-order valence-electron chi connectivity index (χ0n) is 14.3. The van der Waals surface area contributed by atoms with E-state index in [4.69, 9.17) is 40.2 Å². The first-order valence-electron chi connectivity index (χ1n) is 7.66. The van der Waals surface area contributed by atoms with Crippen LogP contribution in [0.5, 0.6) is 5.75 Å². The minimum absolute atomic E-state index is 0.0962. The Morgan fingerprint density at radius 3 is 2.62 bits per heavy atom. The molecule has 3 aromatic rings. The molecule has 0 radical (unpaired) electrons. The van der Waals surface area contributed by atoms with Crippen molar-refractivity contribution >= 4 is 41.6 Å². The average Bonchev–Trinajstić information content (AvgIpc) is 3.05. The Labute approximate surface area is 165 Å². The molecule has 0 aliphatic rings. The van der Waals surface area contributed by atoms with Crippen LogP contribution in [-0.2, 0) is 13.7 Å². The summed E-state index contributed by atoms with van der Waals surface area (Å²) >= 11 is 17.5. The van der Waals surface area contributed by atoms with E-state index in [1.807, 2.05) is 20.9 Å². The van der Waals surface area contributed by atoms with Crippen molar-refractivity contribution in [2.24, 2.45) is 12.1 Å². The van der Waals surface area contributed by atoms with Crippen molar-refractivity contribution in [1.82, 2.24) is 24.7 Å². The topological polar surface area (TPSA) is 73.0 Å². The molecular weight excluding hydrogens is 395 g/mol. The number of nitrogens with one attached hydrogen (secondary N) is 1. The standard InChI is InChI=1S/C16H16Cl2N6OS/c1-9-11(10(2)23(3)22-9)7-19-24-14(20-21-16(24)26)8-25-15-12(17)5-4-6-13(15)18/h4-7H,8H2,1-3H3,(H,21,26). The van der Waals surface area contributed by atoms with Crippen molar-refractivity contribution in [1.29, 1.82) is 0 Å². The molecule has 10 heteroatoms. The third kappa shape index (κ3) is 3.67. The molecule has 2 aromatic heterocycles. The second-order valence-corrected chi connectivity index (χ2v) is 6.75. The molecule has 0 atom stereocenters. The van der Waals surface area contributed by atoms with Crippen LogP contribution < -0.4 is 4.74 Å². The van der Waals surface area contributed by atoms with E-state index in [-0.39, 0.29) is 6.61 Å². The SMILES string of the molecule is Cc1nn(C)c(C)c1C=Nn1c(COc2c(Cl)cccc2Cl)n[nH]c1=S. The molecule has 7 nitrogen and oxygen atoms in total. The zero-order chi connectivity index (χ0) is 18.8. The molecule has 1 aromatic carbocycles. The van der Waals surface area contributed by atoms with Crippen LogP contribution in [0.2, 0.25) is 10.0 Å². The minimum Gasteiger partial charge on any atom is -0.482 e. The highest BCUT2D eigenvalue weighted by Gasteiger charge is 2.12. The van der Waals surface area contributed by atoms with E-state index in [9.17, 15) is 0 Å². The summed E-state index contributed by atoms with van der Waals surface area (Å²) in [6.45, 7) is 3.99. The number of H-pyrrole nitrogens is 1. The molecular formula is C16H16Cl2N6OS. The van der Waals surface area contributed by atoms with Gasteiger partial charge in [-0.1, -0.05) is 29.3 Å². The third-order valence-corrected chi connectivity index (χ3v) is 4.71. The number of halogens is 2. The van der Waals surface area contributed by atoms with Crippen molar-refractivity contribution in [3.8, 4) is 5.75 Å². The first-order valence-corrected chi connectivity index (χ1v) is 8.82. The van der Waals surface area contributed by atoms with Gasteiger partial charge in [0.05, 0.1) is 22.0 Å². The number of hydrogen-bond donors (Lipinski definition) is 1. The Morgan fingerprint density at radius 1 is 1.31 bits per heavy atom. The van der Waals surface area contributed by atoms with Crippen molar-refractivity contribution in [2.75, 3.05) is 0 Å². The maximum atomic E-state index is 6.12. The van der Waals surface area contributed by atoms with Crippen molar-refractivity contribution in [3.63, 3.8) is 0 Å². The van der Waals surface area contributed by atoms with Crippen molar-refractivity contribution < 1.29 is 4.74 Å². The number of aromatic nitrogens is 5. The number of ether oxygens (including phenoxy) is 1. The zero-order valence-corrected chi connectivity index (χ0v) is 16.7. The van der Waals surface area contributed by atoms with Gasteiger partial charge in [-0.3, -0.25) is 4.68 Å². The highest BCUT2D eigenvalue weighted by molar-refractivity contribution is 7.71. The molecule has 26 heavy (non-hydrogen) atoms. The molecule has 0 unspecified atom stereocenters. The Balaban J connectivity index is 1.85. The van der Waals surface area contributed by atoms with Gasteiger partial charge < -0.3 is 4.74 Å². The van der Waals surface area contributed by atoms with Gasteiger partial charge in [0.25, 0.3) is 0 Å². The molecule has 1 N–H and O–H groups in total. The summed E-state index contributed by atoms with van der Waals surface area (Å²) in [5.41, 5.74) is 2.81. The minimum atomic E-state index is 0.0962. The fourth-order valence-electron chi connectivity index (χ4n) is 2.39. The first-order chi connectivity index (χ1) is 12.4. The van der Waals surface area contributed by atoms with E-state index in [1.165, 1.54) is 4.68 Å². The van der Waals surface area contributed by atoms with Crippen LogP contribution in [-0.4, -0.2) is 30.9 Å². The van der Waals surface area contributed by atoms with Gasteiger partial charge >= 0.3 is 0 Å². The average molecular weight is 411 g/mol. The number of para-hydroxylation sites is 1. The summed E-state index contributed by atoms with van der Waals surface area (Å²) in [6.07, 6.45) is 1.70. The second-order valence-electron chi connectivity index (χ2n) is 5.55. The Bertz CT molecular complexity index is 1020. The van der Waals surface area contributed by atoms with Gasteiger partial charge in [0.2, 0.25) is 4.77 Å². The largest absolute Gasteiger partial charge is 0.482 e. The number of nitrogens with zero attached hydrogens (tertiary/aromatic N) is 5. The molecule has 0 fully saturated rings. The van der Waals surface area contributed by atoms with Gasteiger partial charge in [-0.05, 0) is 38.2 Å². The molecule has 0 saturated heterocycles. The Morgan fingerprint density at radius 2 is 2.00 bits per heavy atom. The number of aryl methyl sites for hydroxylation is 2. The Kier molecular flexibility index (Phi) is 5.45. The van der Waals surface area contributed by atoms with Crippen LogP contribution in [0.25, 0.3) is 0 Å². The number of benzene rings is 1. The summed E-state index contributed by atoms with van der Waals surface area (Å²) < 4.78 is 9.35. The lowest BCUT2D eigenvalue weighted by atomic mass is 10.2. The summed E-state index contributed by atoms with van der Waals surface area (Å²) in [7, 11) is 1.88. The van der Waals surface area contributed by atoms with E-state index >= 15 is 0 Å². The monoisotopic (exact) mass is 410 g/mol. The quantitative estimate of drug-likeness (QED) is 0.508. The molecule has 0 saturated carbocycles. The summed E-state index contributed by atoms with van der Waals surface area (Å²) in [4.78, 5) is 0. The maximum Gasteiger partial charge on any atom is 0.216 e. The van der Waals surface area contributed by atoms with Crippen LogP contribution >= 0.6 is 35.4 Å². The normalized spacial score (nSPS) is 11.4. The molecule has 0 aliphatic heterocycles. The number of aromatic amines is 1. The highest BCUT2D eigenvalue weighted by Crippen LogP contribution is 2.32. The number of hydrogen-bond acceptors (Lipinski definition) is 5. The summed E-state index contributed by atoms with van der Waals surface area (Å²) in [5.74, 6) is 0.876. The van der Waals surface area contributed by atoms with Crippen LogP contribution in [0.1, 0.15) is 22.8 Å². The Hall–Kier alpha value is -2.16. The van der Waals surface area contributed by atoms with E-state index < -0.39 is 0 Å². The lowest BCUT2D eigenvalue weighted by Crippen LogP contribution is -2.05. The summed E-state index contributed by atoms with van der Waals surface area (Å²) in [5, 5.41) is 16.5. The summed E-state index contributed by atoms with van der Waals surface area (Å²) in [6, 6.07) is 5.15. The number of rotatable bonds is 5. The molecule has 0 bridgehead atoms. The fraction of sp³-hybridized carbons (Fsp3) is 0.250. The molecule has 2 heterocycles. The lowest BCUT2D eigenvalue weighted by molar-refractivity contribution is 0.291.